The van der Waals surface area contributed by atoms with E-state index in [1.807, 2.05) is 84.1 Å². The molecule has 4 heterocycles. The van der Waals surface area contributed by atoms with Crippen molar-refractivity contribution < 1.29 is 43.2 Å². The van der Waals surface area contributed by atoms with Crippen LogP contribution in [-0.2, 0) is 39.8 Å². The normalized spacial score (nSPS) is 36.5. The Bertz CT molecular complexity index is 1740. The van der Waals surface area contributed by atoms with Crippen molar-refractivity contribution in [3.63, 3.8) is 0 Å². The standard InChI is InChI=1S/C43H69N7O9/c1-12-34-43(8)37(50(41(54)59-43)19-14-13-18-49-24-32(46-47-49)30-16-15-17-31(44)21-30)29(6)45-23-25(2)22-42(7,55-11)38(27(4)35(51)28(5)39(53)57-34)58-40-36(52)33(48(9)10)20-26(3)56-40/h15-17,21,24-29,33-34,36-38,40,45,52H,12-14,18-20,22-23,44H2,1-11H3/t25-,26-,27+,28?,29-,33?,34-,36?,37-,38-,40+,42-,43-/m1/s1. The van der Waals surface area contributed by atoms with Gasteiger partial charge in [0, 0.05) is 49.5 Å². The van der Waals surface area contributed by atoms with Crippen LogP contribution in [0.15, 0.2) is 30.5 Å². The Hall–Kier alpha value is -3.67. The van der Waals surface area contributed by atoms with Gasteiger partial charge >= 0.3 is 12.1 Å². The topological polar surface area (TPSA) is 193 Å². The lowest BCUT2D eigenvalue weighted by Crippen LogP contribution is -2.61. The van der Waals surface area contributed by atoms with E-state index in [0.717, 1.165) is 11.3 Å². The number of aromatic nitrogens is 3. The van der Waals surface area contributed by atoms with Gasteiger partial charge in [-0.05, 0) is 105 Å². The molecule has 3 saturated heterocycles. The number of anilines is 1. The highest BCUT2D eigenvalue weighted by atomic mass is 16.7. The number of nitrogens with zero attached hydrogens (tertiary/aromatic N) is 5. The number of unbranched alkanes of at least 4 members (excludes halogenated alkanes) is 1. The summed E-state index contributed by atoms with van der Waals surface area (Å²) in [4.78, 5) is 45.9. The maximum absolute atomic E-state index is 14.4. The molecule has 330 valence electrons. The van der Waals surface area contributed by atoms with Crippen LogP contribution in [0, 0.1) is 17.8 Å². The number of carbonyl (C=O) groups is 3. The van der Waals surface area contributed by atoms with Crippen LogP contribution >= 0.6 is 0 Å². The number of nitrogens with two attached hydrogens (primary N) is 1. The Kier molecular flexibility index (Phi) is 15.2. The molecule has 1 amide bonds. The smallest absolute Gasteiger partial charge is 0.410 e. The molecule has 16 heteroatoms. The van der Waals surface area contributed by atoms with E-state index in [1.165, 1.54) is 6.92 Å². The number of cyclic esters (lactones) is 1. The van der Waals surface area contributed by atoms with Crippen molar-refractivity contribution in [2.75, 3.05) is 40.0 Å². The van der Waals surface area contributed by atoms with Crippen LogP contribution in [0.4, 0.5) is 10.5 Å². The van der Waals surface area contributed by atoms with Gasteiger partial charge in [0.2, 0.25) is 0 Å². The fraction of sp³-hybridized carbons (Fsp3) is 0.744. The molecule has 16 nitrogen and oxygen atoms in total. The SMILES string of the molecule is CC[C@H]1OC(=O)C(C)C(=O)[C@H](C)[C@@H](O[C@@H]2O[C@H](C)CC(N(C)C)C2O)[C@](C)(OC)C[C@@H](C)CN[C@H](C)[C@H]2N(CCCCn3cc(-c4cccc(N)c4)nn3)C(=O)O[C@]12C. The summed E-state index contributed by atoms with van der Waals surface area (Å²) < 4.78 is 33.3. The molecular weight excluding hydrogens is 759 g/mol. The molecule has 0 aliphatic carbocycles. The van der Waals surface area contributed by atoms with Crippen LogP contribution in [0.2, 0.25) is 0 Å². The van der Waals surface area contributed by atoms with Crippen molar-refractivity contribution in [2.24, 2.45) is 17.8 Å². The molecule has 13 atom stereocenters. The fourth-order valence-electron chi connectivity index (χ4n) is 9.45. The Labute approximate surface area is 349 Å². The van der Waals surface area contributed by atoms with Gasteiger partial charge in [0.25, 0.3) is 0 Å². The van der Waals surface area contributed by atoms with Gasteiger partial charge in [0.15, 0.2) is 17.7 Å². The molecule has 5 rings (SSSR count). The molecular formula is C43H69N7O9. The summed E-state index contributed by atoms with van der Waals surface area (Å²) in [5, 5.41) is 23.7. The summed E-state index contributed by atoms with van der Waals surface area (Å²) in [6.45, 7) is 16.4. The zero-order valence-corrected chi connectivity index (χ0v) is 36.9. The minimum absolute atomic E-state index is 0.0125. The lowest BCUT2D eigenvalue weighted by molar-refractivity contribution is -0.295. The third-order valence-corrected chi connectivity index (χ3v) is 12.8. The molecule has 1 aromatic heterocycles. The third kappa shape index (κ3) is 10.3. The zero-order chi connectivity index (χ0) is 43.4. The van der Waals surface area contributed by atoms with E-state index in [-0.39, 0.29) is 24.1 Å². The molecule has 3 unspecified atom stereocenters. The fourth-order valence-corrected chi connectivity index (χ4v) is 9.45. The highest BCUT2D eigenvalue weighted by Gasteiger charge is 2.58. The van der Waals surface area contributed by atoms with Gasteiger partial charge in [-0.1, -0.05) is 38.1 Å². The van der Waals surface area contributed by atoms with E-state index in [9.17, 15) is 19.5 Å². The van der Waals surface area contributed by atoms with Crippen molar-refractivity contribution in [1.82, 2.24) is 30.1 Å². The van der Waals surface area contributed by atoms with E-state index in [0.29, 0.717) is 57.4 Å². The zero-order valence-electron chi connectivity index (χ0n) is 36.9. The summed E-state index contributed by atoms with van der Waals surface area (Å²) in [5.74, 6) is -3.16. The predicted molar refractivity (Wildman–Crippen MR) is 222 cm³/mol. The second-order valence-corrected chi connectivity index (χ2v) is 17.8. The van der Waals surface area contributed by atoms with Crippen molar-refractivity contribution in [2.45, 2.75) is 154 Å². The van der Waals surface area contributed by atoms with E-state index in [1.54, 1.807) is 23.6 Å². The number of carbonyl (C=O) groups excluding carboxylic acids is 3. The number of methoxy groups -OCH3 is 1. The number of aliphatic hydroxyl groups excluding tert-OH is 1. The van der Waals surface area contributed by atoms with Gasteiger partial charge in [-0.25, -0.2) is 4.79 Å². The van der Waals surface area contributed by atoms with E-state index < -0.39 is 71.5 Å². The molecule has 0 saturated carbocycles. The molecule has 0 spiro atoms. The van der Waals surface area contributed by atoms with E-state index in [4.69, 9.17) is 29.4 Å². The van der Waals surface area contributed by atoms with Crippen LogP contribution < -0.4 is 11.1 Å². The van der Waals surface area contributed by atoms with E-state index in [2.05, 4.69) is 22.6 Å². The quantitative estimate of drug-likeness (QED) is 0.126. The van der Waals surface area contributed by atoms with Crippen LogP contribution in [0.1, 0.15) is 87.5 Å². The number of ether oxygens (including phenoxy) is 5. The first-order valence-corrected chi connectivity index (χ1v) is 21.3. The number of aliphatic hydroxyl groups is 1. The van der Waals surface area contributed by atoms with Gasteiger partial charge in [0.1, 0.15) is 23.8 Å². The molecule has 1 aromatic carbocycles. The number of benzene rings is 1. The van der Waals surface area contributed by atoms with Crippen LogP contribution in [-0.4, -0.2) is 142 Å². The van der Waals surface area contributed by atoms with Gasteiger partial charge in [-0.3, -0.25) is 19.2 Å². The number of fused-ring (bicyclic) bond motifs is 1. The predicted octanol–water partition coefficient (Wildman–Crippen LogP) is 4.28. The average Bonchev–Trinajstić information content (AvgIpc) is 3.77. The average molecular weight is 828 g/mol. The first-order valence-electron chi connectivity index (χ1n) is 21.3. The summed E-state index contributed by atoms with van der Waals surface area (Å²) in [6.07, 6.45) is 0.194. The maximum Gasteiger partial charge on any atom is 0.410 e. The maximum atomic E-state index is 14.4. The molecule has 3 aliphatic heterocycles. The second-order valence-electron chi connectivity index (χ2n) is 17.8. The summed E-state index contributed by atoms with van der Waals surface area (Å²) in [5.41, 5.74) is 5.95. The Morgan fingerprint density at radius 2 is 1.80 bits per heavy atom. The van der Waals surface area contributed by atoms with Crippen LogP contribution in [0.5, 0.6) is 0 Å². The number of esters is 1. The monoisotopic (exact) mass is 828 g/mol. The largest absolute Gasteiger partial charge is 0.458 e. The van der Waals surface area contributed by atoms with Crippen molar-refractivity contribution in [3.05, 3.63) is 30.5 Å². The van der Waals surface area contributed by atoms with E-state index >= 15 is 0 Å². The minimum Gasteiger partial charge on any atom is -0.458 e. The van der Waals surface area contributed by atoms with Gasteiger partial charge < -0.3 is 44.7 Å². The number of hydrogen-bond donors (Lipinski definition) is 3. The number of aryl methyl sites for hydroxylation is 1. The number of likely N-dealkylation sites (N-methyl/N-ethyl adjacent to an activating group) is 1. The molecule has 0 bridgehead atoms. The first-order chi connectivity index (χ1) is 27.8. The lowest BCUT2D eigenvalue weighted by atomic mass is 9.78. The number of nitrogens with one attached hydrogen (secondary N) is 1. The summed E-state index contributed by atoms with van der Waals surface area (Å²) in [7, 11) is 5.39. The van der Waals surface area contributed by atoms with Gasteiger partial charge in [-0.15, -0.1) is 5.10 Å². The number of amides is 1. The highest BCUT2D eigenvalue weighted by molar-refractivity contribution is 6.00. The van der Waals surface area contributed by atoms with Crippen LogP contribution in [0.3, 0.4) is 0 Å². The van der Waals surface area contributed by atoms with Crippen molar-refractivity contribution >= 4 is 23.5 Å². The number of nitrogen functional groups attached to an aromatic ring is 1. The molecule has 3 fully saturated rings. The van der Waals surface area contributed by atoms with Gasteiger partial charge in [0.05, 0.1) is 30.0 Å². The number of ketones is 1. The second kappa shape index (κ2) is 19.4. The number of rotatable bonds is 11. The minimum atomic E-state index is -1.23. The molecule has 0 radical (unpaired) electrons. The number of Topliss-reactive ketones (excluding diaryl/α,β-unsaturated/α-hetero) is 1. The van der Waals surface area contributed by atoms with Crippen molar-refractivity contribution in [1.29, 1.82) is 0 Å². The number of hydrogen-bond acceptors (Lipinski definition) is 14. The summed E-state index contributed by atoms with van der Waals surface area (Å²) in [6, 6.07) is 6.46. The molecule has 2 aromatic rings. The summed E-state index contributed by atoms with van der Waals surface area (Å²) >= 11 is 0. The first kappa shape index (κ1) is 46.4. The Balaban J connectivity index is 1.38. The Morgan fingerprint density at radius 1 is 1.08 bits per heavy atom. The van der Waals surface area contributed by atoms with Crippen LogP contribution in [0.25, 0.3) is 11.3 Å². The molecule has 3 aliphatic rings. The lowest BCUT2D eigenvalue weighted by Gasteiger charge is -2.46. The third-order valence-electron chi connectivity index (χ3n) is 12.8. The molecule has 4 N–H and O–H groups in total. The molecule has 59 heavy (non-hydrogen) atoms. The highest BCUT2D eigenvalue weighted by Crippen LogP contribution is 2.40. The Morgan fingerprint density at radius 3 is 2.46 bits per heavy atom. The van der Waals surface area contributed by atoms with Gasteiger partial charge in [-0.2, -0.15) is 0 Å². The van der Waals surface area contributed by atoms with Crippen molar-refractivity contribution in [3.8, 4) is 11.3 Å².